The van der Waals surface area contributed by atoms with Crippen molar-refractivity contribution in [2.75, 3.05) is 30.9 Å². The van der Waals surface area contributed by atoms with E-state index in [2.05, 4.69) is 5.32 Å². The summed E-state index contributed by atoms with van der Waals surface area (Å²) < 4.78 is 54.7. The summed E-state index contributed by atoms with van der Waals surface area (Å²) in [6, 6.07) is 13.6. The molecule has 1 heterocycles. The van der Waals surface area contributed by atoms with E-state index in [0.717, 1.165) is 23.9 Å². The molecular weight excluding hydrogens is 534 g/mol. The molecule has 1 aliphatic heterocycles. The molecular formula is C29H28ClF4N3O2. The van der Waals surface area contributed by atoms with Gasteiger partial charge in [-0.15, -0.1) is 0 Å². The standard InChI is InChI=1S/C29H28ClF4N3O2/c1-17-6-4-8-23(31)25(17)28(39)37-15-5-7-21(26(37)18-9-12-20(13-10-18)36(2)3)27(38)35-24-16-19(29(32,33)34)11-14-22(24)30/h4,6,8-14,16,21,26H,5,7,15H2,1-3H3,(H,35,38). The second-order valence-corrected chi connectivity index (χ2v) is 10.2. The van der Waals surface area contributed by atoms with Gasteiger partial charge < -0.3 is 15.1 Å². The number of carbonyl (C=O) groups is 2. The highest BCUT2D eigenvalue weighted by molar-refractivity contribution is 6.33. The quantitative estimate of drug-likeness (QED) is 0.338. The molecule has 206 valence electrons. The van der Waals surface area contributed by atoms with E-state index in [4.69, 9.17) is 11.6 Å². The van der Waals surface area contributed by atoms with E-state index < -0.39 is 41.3 Å². The van der Waals surface area contributed by atoms with Crippen molar-refractivity contribution in [3.05, 3.63) is 93.8 Å². The van der Waals surface area contributed by atoms with E-state index >= 15 is 0 Å². The molecule has 2 unspecified atom stereocenters. The van der Waals surface area contributed by atoms with Crippen molar-refractivity contribution in [1.29, 1.82) is 0 Å². The van der Waals surface area contributed by atoms with Gasteiger partial charge in [0.05, 0.1) is 33.8 Å². The lowest BCUT2D eigenvalue weighted by molar-refractivity contribution is -0.137. The van der Waals surface area contributed by atoms with Gasteiger partial charge in [-0.1, -0.05) is 35.9 Å². The van der Waals surface area contributed by atoms with E-state index in [-0.39, 0.29) is 22.8 Å². The van der Waals surface area contributed by atoms with Crippen LogP contribution in [0, 0.1) is 18.7 Å². The molecule has 1 N–H and O–H groups in total. The van der Waals surface area contributed by atoms with E-state index in [0.29, 0.717) is 24.0 Å². The number of halogens is 5. The van der Waals surface area contributed by atoms with Crippen molar-refractivity contribution in [2.45, 2.75) is 32.0 Å². The molecule has 0 aliphatic carbocycles. The van der Waals surface area contributed by atoms with Crippen LogP contribution in [0.1, 0.15) is 45.9 Å². The van der Waals surface area contributed by atoms with Gasteiger partial charge >= 0.3 is 6.18 Å². The highest BCUT2D eigenvalue weighted by Gasteiger charge is 2.41. The van der Waals surface area contributed by atoms with Crippen molar-refractivity contribution in [3.63, 3.8) is 0 Å². The molecule has 0 aromatic heterocycles. The van der Waals surface area contributed by atoms with Crippen LogP contribution >= 0.6 is 11.6 Å². The molecule has 2 atom stereocenters. The predicted molar refractivity (Wildman–Crippen MR) is 143 cm³/mol. The molecule has 4 rings (SSSR count). The predicted octanol–water partition coefficient (Wildman–Crippen LogP) is 7.10. The molecule has 3 aromatic carbocycles. The van der Waals surface area contributed by atoms with Gasteiger partial charge in [-0.25, -0.2) is 4.39 Å². The van der Waals surface area contributed by atoms with E-state index in [1.165, 1.54) is 17.0 Å². The first kappa shape index (κ1) is 28.4. The van der Waals surface area contributed by atoms with Gasteiger partial charge in [-0.05, 0) is 67.3 Å². The van der Waals surface area contributed by atoms with E-state index in [1.807, 2.05) is 31.1 Å². The van der Waals surface area contributed by atoms with Crippen LogP contribution in [-0.4, -0.2) is 37.4 Å². The Morgan fingerprint density at radius 3 is 2.36 bits per heavy atom. The zero-order chi connectivity index (χ0) is 28.5. The summed E-state index contributed by atoms with van der Waals surface area (Å²) >= 11 is 6.13. The fourth-order valence-corrected chi connectivity index (χ4v) is 5.11. The number of carbonyl (C=O) groups excluding carboxylic acids is 2. The Morgan fingerprint density at radius 2 is 1.74 bits per heavy atom. The maximum atomic E-state index is 14.8. The Bertz CT molecular complexity index is 1360. The fraction of sp³-hybridized carbons (Fsp3) is 0.310. The molecule has 0 spiro atoms. The molecule has 0 saturated carbocycles. The molecule has 3 aromatic rings. The second-order valence-electron chi connectivity index (χ2n) is 9.79. The summed E-state index contributed by atoms with van der Waals surface area (Å²) in [7, 11) is 3.75. The maximum absolute atomic E-state index is 14.8. The zero-order valence-corrected chi connectivity index (χ0v) is 22.4. The van der Waals surface area contributed by atoms with Crippen molar-refractivity contribution in [3.8, 4) is 0 Å². The number of rotatable bonds is 5. The lowest BCUT2D eigenvalue weighted by Crippen LogP contribution is -2.46. The second kappa shape index (κ2) is 11.3. The van der Waals surface area contributed by atoms with E-state index in [9.17, 15) is 27.2 Å². The van der Waals surface area contributed by atoms with Crippen LogP contribution in [0.5, 0.6) is 0 Å². The van der Waals surface area contributed by atoms with Crippen LogP contribution < -0.4 is 10.2 Å². The summed E-state index contributed by atoms with van der Waals surface area (Å²) in [6.07, 6.45) is -3.81. The first-order valence-electron chi connectivity index (χ1n) is 12.4. The molecule has 1 aliphatic rings. The van der Waals surface area contributed by atoms with Crippen LogP contribution in [-0.2, 0) is 11.0 Å². The number of nitrogens with zero attached hydrogens (tertiary/aromatic N) is 2. The molecule has 39 heavy (non-hydrogen) atoms. The lowest BCUT2D eigenvalue weighted by atomic mass is 9.83. The molecule has 1 saturated heterocycles. The topological polar surface area (TPSA) is 52.7 Å². The Hall–Kier alpha value is -3.59. The average Bonchev–Trinajstić information content (AvgIpc) is 2.88. The van der Waals surface area contributed by atoms with Gasteiger partial charge in [0.25, 0.3) is 5.91 Å². The molecule has 2 amide bonds. The average molecular weight is 562 g/mol. The SMILES string of the molecule is Cc1cccc(F)c1C(=O)N1CCCC(C(=O)Nc2cc(C(F)(F)F)ccc2Cl)C1c1ccc(N(C)C)cc1. The number of benzene rings is 3. The Balaban J connectivity index is 1.74. The number of piperidine rings is 1. The molecule has 1 fully saturated rings. The lowest BCUT2D eigenvalue weighted by Gasteiger charge is -2.41. The third kappa shape index (κ3) is 6.03. The van der Waals surface area contributed by atoms with Crippen molar-refractivity contribution in [1.82, 2.24) is 4.90 Å². The van der Waals surface area contributed by atoms with Gasteiger partial charge in [0.15, 0.2) is 0 Å². The highest BCUT2D eigenvalue weighted by atomic mass is 35.5. The smallest absolute Gasteiger partial charge is 0.378 e. The third-order valence-electron chi connectivity index (χ3n) is 6.97. The van der Waals surface area contributed by atoms with Crippen molar-refractivity contribution in [2.24, 2.45) is 5.92 Å². The number of hydrogen-bond donors (Lipinski definition) is 1. The van der Waals surface area contributed by atoms with Crippen LogP contribution in [0.25, 0.3) is 0 Å². The summed E-state index contributed by atoms with van der Waals surface area (Å²) in [5, 5.41) is 2.51. The molecule has 0 bridgehead atoms. The Kier molecular flexibility index (Phi) is 8.20. The minimum atomic E-state index is -4.62. The first-order chi connectivity index (χ1) is 18.4. The Labute approximate surface area is 229 Å². The fourth-order valence-electron chi connectivity index (χ4n) is 4.95. The van der Waals surface area contributed by atoms with Gasteiger partial charge in [-0.3, -0.25) is 9.59 Å². The summed E-state index contributed by atoms with van der Waals surface area (Å²) in [4.78, 5) is 30.7. The molecule has 5 nitrogen and oxygen atoms in total. The number of aryl methyl sites for hydroxylation is 1. The minimum absolute atomic E-state index is 0.0473. The van der Waals surface area contributed by atoms with Gasteiger partial charge in [0.1, 0.15) is 5.82 Å². The van der Waals surface area contributed by atoms with Crippen LogP contribution in [0.2, 0.25) is 5.02 Å². The number of amides is 2. The monoisotopic (exact) mass is 561 g/mol. The Morgan fingerprint density at radius 1 is 1.05 bits per heavy atom. The molecule has 0 radical (unpaired) electrons. The summed E-state index contributed by atoms with van der Waals surface area (Å²) in [5.74, 6) is -2.63. The van der Waals surface area contributed by atoms with E-state index in [1.54, 1.807) is 25.1 Å². The maximum Gasteiger partial charge on any atom is 0.416 e. The number of anilines is 2. The van der Waals surface area contributed by atoms with Crippen LogP contribution in [0.3, 0.4) is 0 Å². The number of likely N-dealkylation sites (tertiary alicyclic amines) is 1. The molecule has 10 heteroatoms. The van der Waals surface area contributed by atoms with Gasteiger partial charge in [0.2, 0.25) is 5.91 Å². The highest BCUT2D eigenvalue weighted by Crippen LogP contribution is 2.40. The minimum Gasteiger partial charge on any atom is -0.378 e. The third-order valence-corrected chi connectivity index (χ3v) is 7.30. The largest absolute Gasteiger partial charge is 0.416 e. The number of alkyl halides is 3. The van der Waals surface area contributed by atoms with Crippen LogP contribution in [0.4, 0.5) is 28.9 Å². The summed E-state index contributed by atoms with van der Waals surface area (Å²) in [6.45, 7) is 1.92. The van der Waals surface area contributed by atoms with Crippen molar-refractivity contribution >= 4 is 34.8 Å². The normalized spacial score (nSPS) is 17.6. The number of nitrogens with one attached hydrogen (secondary N) is 1. The zero-order valence-electron chi connectivity index (χ0n) is 21.7. The van der Waals surface area contributed by atoms with Gasteiger partial charge in [0, 0.05) is 26.3 Å². The van der Waals surface area contributed by atoms with Crippen molar-refractivity contribution < 1.29 is 27.2 Å². The number of hydrogen-bond acceptors (Lipinski definition) is 3. The van der Waals surface area contributed by atoms with Crippen LogP contribution in [0.15, 0.2) is 60.7 Å². The first-order valence-corrected chi connectivity index (χ1v) is 12.8. The summed E-state index contributed by atoms with van der Waals surface area (Å²) in [5.41, 5.74) is 0.811. The van der Waals surface area contributed by atoms with Gasteiger partial charge in [-0.2, -0.15) is 13.2 Å².